The van der Waals surface area contributed by atoms with Crippen molar-refractivity contribution in [3.8, 4) is 10.4 Å². The average molecular weight is 383 g/mol. The summed E-state index contributed by atoms with van der Waals surface area (Å²) in [5.41, 5.74) is 1.62. The van der Waals surface area contributed by atoms with Crippen LogP contribution in [-0.2, 0) is 0 Å². The highest BCUT2D eigenvalue weighted by Crippen LogP contribution is 2.38. The number of thiophene rings is 1. The number of benzene rings is 1. The highest BCUT2D eigenvalue weighted by atomic mass is 35.5. The summed E-state index contributed by atoms with van der Waals surface area (Å²) < 4.78 is 0.559. The van der Waals surface area contributed by atoms with Crippen molar-refractivity contribution >= 4 is 50.5 Å². The van der Waals surface area contributed by atoms with E-state index < -0.39 is 5.97 Å². The Kier molecular flexibility index (Phi) is 4.24. The van der Waals surface area contributed by atoms with Crippen molar-refractivity contribution < 1.29 is 9.90 Å². The fraction of sp³-hybridized carbons (Fsp3) is 0. The third kappa shape index (κ3) is 3.10. The fourth-order valence-corrected chi connectivity index (χ4v) is 3.77. The summed E-state index contributed by atoms with van der Waals surface area (Å²) in [7, 11) is 0. The van der Waals surface area contributed by atoms with Crippen molar-refractivity contribution in [3.05, 3.63) is 65.6 Å². The molecule has 0 amide bonds. The molecule has 0 saturated heterocycles. The van der Waals surface area contributed by atoms with Gasteiger partial charge in [-0.3, -0.25) is 4.98 Å². The second kappa shape index (κ2) is 6.70. The standard InChI is InChI=1S/C18H11ClN4O2S/c19-11-5-3-10(4-6-11)14-8-13-16(26-14)15(18(24)25)22-23-17(13)21-12-2-1-7-20-9-12/h1-9H,(H,21,23)(H,24,25). The first-order valence-corrected chi connectivity index (χ1v) is 8.78. The number of nitrogens with one attached hydrogen (secondary N) is 1. The molecule has 2 N–H and O–H groups in total. The van der Waals surface area contributed by atoms with Gasteiger partial charge in [0.1, 0.15) is 0 Å². The van der Waals surface area contributed by atoms with Crippen LogP contribution in [0, 0.1) is 0 Å². The van der Waals surface area contributed by atoms with Crippen LogP contribution in [0.2, 0.25) is 5.02 Å². The van der Waals surface area contributed by atoms with Crippen molar-refractivity contribution in [2.75, 3.05) is 5.32 Å². The molecule has 128 valence electrons. The van der Waals surface area contributed by atoms with E-state index in [0.717, 1.165) is 16.1 Å². The maximum absolute atomic E-state index is 11.5. The Morgan fingerprint density at radius 3 is 2.65 bits per heavy atom. The smallest absolute Gasteiger partial charge is 0.357 e. The Morgan fingerprint density at radius 1 is 1.15 bits per heavy atom. The number of fused-ring (bicyclic) bond motifs is 1. The van der Waals surface area contributed by atoms with Crippen LogP contribution in [0.15, 0.2) is 54.9 Å². The van der Waals surface area contributed by atoms with Gasteiger partial charge in [-0.1, -0.05) is 23.7 Å². The molecule has 26 heavy (non-hydrogen) atoms. The first-order chi connectivity index (χ1) is 12.6. The number of carbonyl (C=O) groups is 1. The summed E-state index contributed by atoms with van der Waals surface area (Å²) in [4.78, 5) is 16.5. The van der Waals surface area contributed by atoms with E-state index in [1.165, 1.54) is 11.3 Å². The highest BCUT2D eigenvalue weighted by Gasteiger charge is 2.19. The van der Waals surface area contributed by atoms with E-state index in [1.54, 1.807) is 30.6 Å². The quantitative estimate of drug-likeness (QED) is 0.524. The van der Waals surface area contributed by atoms with E-state index in [2.05, 4.69) is 20.5 Å². The Balaban J connectivity index is 1.87. The summed E-state index contributed by atoms with van der Waals surface area (Å²) in [6.07, 6.45) is 3.33. The molecule has 0 unspecified atom stereocenters. The van der Waals surface area contributed by atoms with Gasteiger partial charge in [-0.05, 0) is 35.9 Å². The zero-order chi connectivity index (χ0) is 18.1. The normalized spacial score (nSPS) is 10.8. The van der Waals surface area contributed by atoms with E-state index in [-0.39, 0.29) is 5.69 Å². The average Bonchev–Trinajstić information content (AvgIpc) is 3.09. The molecule has 1 aromatic carbocycles. The molecule has 0 atom stereocenters. The van der Waals surface area contributed by atoms with Crippen molar-refractivity contribution in [3.63, 3.8) is 0 Å². The highest BCUT2D eigenvalue weighted by molar-refractivity contribution is 7.22. The molecule has 0 spiro atoms. The van der Waals surface area contributed by atoms with Crippen LogP contribution in [0.1, 0.15) is 10.5 Å². The monoisotopic (exact) mass is 382 g/mol. The molecular weight excluding hydrogens is 372 g/mol. The molecule has 0 fully saturated rings. The Bertz CT molecular complexity index is 1100. The van der Waals surface area contributed by atoms with Gasteiger partial charge in [0, 0.05) is 21.5 Å². The summed E-state index contributed by atoms with van der Waals surface area (Å²) in [5.74, 6) is -0.630. The van der Waals surface area contributed by atoms with Crippen molar-refractivity contribution in [2.45, 2.75) is 0 Å². The predicted molar refractivity (Wildman–Crippen MR) is 102 cm³/mol. The van der Waals surface area contributed by atoms with Gasteiger partial charge < -0.3 is 10.4 Å². The topological polar surface area (TPSA) is 88.0 Å². The van der Waals surface area contributed by atoms with Crippen LogP contribution >= 0.6 is 22.9 Å². The van der Waals surface area contributed by atoms with E-state index in [1.807, 2.05) is 24.3 Å². The second-order valence-corrected chi connectivity index (χ2v) is 6.92. The Labute approximate surface area is 157 Å². The zero-order valence-electron chi connectivity index (χ0n) is 13.2. The Morgan fingerprint density at radius 2 is 1.96 bits per heavy atom. The number of anilines is 2. The molecule has 0 bridgehead atoms. The SMILES string of the molecule is O=C(O)c1nnc(Nc2cccnc2)c2cc(-c3ccc(Cl)cc3)sc12. The lowest BCUT2D eigenvalue weighted by molar-refractivity contribution is 0.0692. The zero-order valence-corrected chi connectivity index (χ0v) is 14.8. The molecule has 0 aliphatic heterocycles. The number of halogens is 1. The number of aromatic nitrogens is 3. The van der Waals surface area contributed by atoms with Crippen LogP contribution in [0.3, 0.4) is 0 Å². The van der Waals surface area contributed by atoms with Crippen LogP contribution in [0.25, 0.3) is 20.5 Å². The first kappa shape index (κ1) is 16.4. The Hall–Kier alpha value is -3.03. The van der Waals surface area contributed by atoms with Gasteiger partial charge in [0.2, 0.25) is 0 Å². The van der Waals surface area contributed by atoms with E-state index in [9.17, 15) is 9.90 Å². The maximum Gasteiger partial charge on any atom is 0.357 e. The third-order valence-electron chi connectivity index (χ3n) is 3.71. The predicted octanol–water partition coefficient (Wildman–Crippen LogP) is 4.85. The van der Waals surface area contributed by atoms with Gasteiger partial charge >= 0.3 is 5.97 Å². The number of hydrogen-bond acceptors (Lipinski definition) is 6. The summed E-state index contributed by atoms with van der Waals surface area (Å²) >= 11 is 7.30. The maximum atomic E-state index is 11.5. The summed E-state index contributed by atoms with van der Waals surface area (Å²) in [6.45, 7) is 0. The molecule has 0 aliphatic rings. The van der Waals surface area contributed by atoms with E-state index in [4.69, 9.17) is 11.6 Å². The molecular formula is C18H11ClN4O2S. The lowest BCUT2D eigenvalue weighted by atomic mass is 10.1. The summed E-state index contributed by atoms with van der Waals surface area (Å²) in [6, 6.07) is 12.9. The minimum absolute atomic E-state index is 0.0676. The minimum atomic E-state index is -1.11. The molecule has 8 heteroatoms. The third-order valence-corrected chi connectivity index (χ3v) is 5.15. The van der Waals surface area contributed by atoms with Gasteiger partial charge in [0.05, 0.1) is 16.6 Å². The molecule has 4 rings (SSSR count). The van der Waals surface area contributed by atoms with Gasteiger partial charge in [-0.15, -0.1) is 21.5 Å². The number of pyridine rings is 1. The molecule has 0 radical (unpaired) electrons. The molecule has 0 saturated carbocycles. The number of aromatic carboxylic acids is 1. The molecule has 6 nitrogen and oxygen atoms in total. The van der Waals surface area contributed by atoms with Crippen molar-refractivity contribution in [2.24, 2.45) is 0 Å². The second-order valence-electron chi connectivity index (χ2n) is 5.43. The van der Waals surface area contributed by atoms with Gasteiger partial charge in [0.25, 0.3) is 0 Å². The fourth-order valence-electron chi connectivity index (χ4n) is 2.50. The largest absolute Gasteiger partial charge is 0.476 e. The van der Waals surface area contributed by atoms with E-state index >= 15 is 0 Å². The molecule has 3 aromatic heterocycles. The van der Waals surface area contributed by atoms with Crippen LogP contribution in [-0.4, -0.2) is 26.3 Å². The van der Waals surface area contributed by atoms with Gasteiger partial charge in [-0.25, -0.2) is 4.79 Å². The lowest BCUT2D eigenvalue weighted by Gasteiger charge is -2.06. The number of nitrogens with zero attached hydrogens (tertiary/aromatic N) is 3. The van der Waals surface area contributed by atoms with Gasteiger partial charge in [0.15, 0.2) is 11.5 Å². The molecule has 3 heterocycles. The summed E-state index contributed by atoms with van der Waals surface area (Å²) in [5, 5.41) is 21.9. The number of rotatable bonds is 4. The number of hydrogen-bond donors (Lipinski definition) is 2. The van der Waals surface area contributed by atoms with Crippen LogP contribution in [0.4, 0.5) is 11.5 Å². The lowest BCUT2D eigenvalue weighted by Crippen LogP contribution is -2.04. The number of carboxylic acids is 1. The minimum Gasteiger partial charge on any atom is -0.476 e. The molecule has 0 aliphatic carbocycles. The van der Waals surface area contributed by atoms with Crippen molar-refractivity contribution in [1.29, 1.82) is 0 Å². The first-order valence-electron chi connectivity index (χ1n) is 7.58. The van der Waals surface area contributed by atoms with E-state index in [0.29, 0.717) is 20.9 Å². The van der Waals surface area contributed by atoms with Crippen LogP contribution in [0.5, 0.6) is 0 Å². The number of carboxylic acid groups (broad SMARTS) is 1. The molecule has 4 aromatic rings. The van der Waals surface area contributed by atoms with Gasteiger partial charge in [-0.2, -0.15) is 0 Å². The van der Waals surface area contributed by atoms with Crippen molar-refractivity contribution in [1.82, 2.24) is 15.2 Å². The van der Waals surface area contributed by atoms with Crippen LogP contribution < -0.4 is 5.32 Å².